The summed E-state index contributed by atoms with van der Waals surface area (Å²) in [5.41, 5.74) is 0.956. The van der Waals surface area contributed by atoms with E-state index in [4.69, 9.17) is 11.6 Å². The van der Waals surface area contributed by atoms with Crippen molar-refractivity contribution in [3.8, 4) is 0 Å². The summed E-state index contributed by atoms with van der Waals surface area (Å²) >= 11 is 5.77. The fraction of sp³-hybridized carbons (Fsp3) is 0.235. The number of hydrogen-bond acceptors (Lipinski definition) is 4. The molecule has 3 rings (SSSR count). The average Bonchev–Trinajstić information content (AvgIpc) is 3.10. The van der Waals surface area contributed by atoms with Gasteiger partial charge in [-0.2, -0.15) is 0 Å². The van der Waals surface area contributed by atoms with E-state index < -0.39 is 0 Å². The Morgan fingerprint density at radius 3 is 2.80 bits per heavy atom. The van der Waals surface area contributed by atoms with Gasteiger partial charge in [0, 0.05) is 30.0 Å². The van der Waals surface area contributed by atoms with Gasteiger partial charge in [-0.25, -0.2) is 9.78 Å². The molecule has 1 saturated heterocycles. The molecule has 2 heterocycles. The summed E-state index contributed by atoms with van der Waals surface area (Å²) in [7, 11) is 0. The van der Waals surface area contributed by atoms with Crippen molar-refractivity contribution < 1.29 is 9.59 Å². The van der Waals surface area contributed by atoms with E-state index in [2.05, 4.69) is 26.3 Å². The Labute approximate surface area is 150 Å². The summed E-state index contributed by atoms with van der Waals surface area (Å²) in [6, 6.07) is 9.80. The normalized spacial score (nSPS) is 16.3. The van der Waals surface area contributed by atoms with Gasteiger partial charge in [0.15, 0.2) is 0 Å². The molecule has 8 heteroatoms. The van der Waals surface area contributed by atoms with Gasteiger partial charge in [-0.15, -0.1) is 0 Å². The molecule has 1 aromatic heterocycles. The van der Waals surface area contributed by atoms with Crippen molar-refractivity contribution in [1.29, 1.82) is 0 Å². The van der Waals surface area contributed by atoms with Gasteiger partial charge in [0.2, 0.25) is 0 Å². The van der Waals surface area contributed by atoms with E-state index in [1.807, 2.05) is 0 Å². The van der Waals surface area contributed by atoms with Crippen LogP contribution in [0.4, 0.5) is 16.3 Å². The lowest BCUT2D eigenvalue weighted by atomic mass is 10.2. The molecule has 2 aromatic rings. The Bertz CT molecular complexity index is 760. The number of halogens is 1. The number of aromatic nitrogens is 1. The Balaban J connectivity index is 1.60. The van der Waals surface area contributed by atoms with Crippen molar-refractivity contribution in [3.63, 3.8) is 0 Å². The van der Waals surface area contributed by atoms with Crippen molar-refractivity contribution in [1.82, 2.24) is 15.6 Å². The van der Waals surface area contributed by atoms with Crippen LogP contribution < -0.4 is 21.3 Å². The van der Waals surface area contributed by atoms with Crippen LogP contribution in [-0.4, -0.2) is 36.1 Å². The van der Waals surface area contributed by atoms with Crippen LogP contribution in [0.3, 0.4) is 0 Å². The highest BCUT2D eigenvalue weighted by atomic mass is 35.5. The fourth-order valence-electron chi connectivity index (χ4n) is 2.51. The minimum Gasteiger partial charge on any atom is -0.334 e. The van der Waals surface area contributed by atoms with Gasteiger partial charge in [-0.1, -0.05) is 17.7 Å². The van der Waals surface area contributed by atoms with Crippen LogP contribution in [0.2, 0.25) is 5.02 Å². The summed E-state index contributed by atoms with van der Waals surface area (Å²) in [5.74, 6) is 0.0816. The van der Waals surface area contributed by atoms with Gasteiger partial charge in [0.05, 0.1) is 5.02 Å². The number of rotatable bonds is 4. The Kier molecular flexibility index (Phi) is 5.47. The lowest BCUT2D eigenvalue weighted by molar-refractivity contribution is 0.102. The quantitative estimate of drug-likeness (QED) is 0.674. The van der Waals surface area contributed by atoms with E-state index >= 15 is 0 Å². The highest BCUT2D eigenvalue weighted by Crippen LogP contribution is 2.14. The van der Waals surface area contributed by atoms with Crippen LogP contribution >= 0.6 is 11.6 Å². The maximum Gasteiger partial charge on any atom is 0.319 e. The topological polar surface area (TPSA) is 95.2 Å². The standard InChI is InChI=1S/C17H18ClN5O2/c18-12-4-5-15(20-9-12)23-16(24)11-2-1-3-13(8-11)21-17(25)22-14-6-7-19-10-14/h1-5,8-9,14,19H,6-7,10H2,(H,20,23,24)(H2,21,22,25). The molecule has 0 aliphatic carbocycles. The second-order valence-electron chi connectivity index (χ2n) is 5.68. The van der Waals surface area contributed by atoms with E-state index in [1.165, 1.54) is 6.20 Å². The zero-order valence-electron chi connectivity index (χ0n) is 13.4. The Hall–Kier alpha value is -2.64. The van der Waals surface area contributed by atoms with Gasteiger partial charge in [-0.3, -0.25) is 4.79 Å². The number of nitrogens with zero attached hydrogens (tertiary/aromatic N) is 1. The molecule has 1 fully saturated rings. The van der Waals surface area contributed by atoms with E-state index in [-0.39, 0.29) is 18.0 Å². The molecule has 1 aliphatic heterocycles. The fourth-order valence-corrected chi connectivity index (χ4v) is 2.62. The van der Waals surface area contributed by atoms with Crippen molar-refractivity contribution in [2.45, 2.75) is 12.5 Å². The third-order valence-electron chi connectivity index (χ3n) is 3.75. The van der Waals surface area contributed by atoms with Crippen LogP contribution in [0.5, 0.6) is 0 Å². The summed E-state index contributed by atoms with van der Waals surface area (Å²) in [6.07, 6.45) is 2.36. The van der Waals surface area contributed by atoms with Crippen molar-refractivity contribution >= 4 is 35.0 Å². The predicted octanol–water partition coefficient (Wildman–Crippen LogP) is 2.47. The molecular weight excluding hydrogens is 342 g/mol. The van der Waals surface area contributed by atoms with E-state index in [1.54, 1.807) is 36.4 Å². The molecule has 1 aliphatic rings. The summed E-state index contributed by atoms with van der Waals surface area (Å²) < 4.78 is 0. The predicted molar refractivity (Wildman–Crippen MR) is 97.1 cm³/mol. The van der Waals surface area contributed by atoms with Crippen LogP contribution in [0.25, 0.3) is 0 Å². The van der Waals surface area contributed by atoms with Crippen LogP contribution in [0.15, 0.2) is 42.6 Å². The smallest absolute Gasteiger partial charge is 0.319 e. The monoisotopic (exact) mass is 359 g/mol. The molecule has 0 radical (unpaired) electrons. The van der Waals surface area contributed by atoms with Crippen LogP contribution in [-0.2, 0) is 0 Å². The van der Waals surface area contributed by atoms with Crippen molar-refractivity contribution in [2.75, 3.05) is 23.7 Å². The lowest BCUT2D eigenvalue weighted by Gasteiger charge is -2.13. The molecule has 0 bridgehead atoms. The third kappa shape index (κ3) is 4.91. The summed E-state index contributed by atoms with van der Waals surface area (Å²) in [5, 5.41) is 12.0. The SMILES string of the molecule is O=C(Nc1cccc(C(=O)Nc2ccc(Cl)cn2)c1)NC1CCNC1. The molecule has 130 valence electrons. The molecule has 1 aromatic carbocycles. The van der Waals surface area contributed by atoms with Crippen molar-refractivity contribution in [2.24, 2.45) is 0 Å². The second-order valence-corrected chi connectivity index (χ2v) is 6.12. The minimum absolute atomic E-state index is 0.127. The first-order valence-corrected chi connectivity index (χ1v) is 8.29. The number of nitrogens with one attached hydrogen (secondary N) is 4. The number of amides is 3. The summed E-state index contributed by atoms with van der Waals surface area (Å²) in [4.78, 5) is 28.3. The van der Waals surface area contributed by atoms with Gasteiger partial charge >= 0.3 is 6.03 Å². The number of hydrogen-bond donors (Lipinski definition) is 4. The average molecular weight is 360 g/mol. The molecule has 0 spiro atoms. The Morgan fingerprint density at radius 1 is 1.20 bits per heavy atom. The Morgan fingerprint density at radius 2 is 2.08 bits per heavy atom. The van der Waals surface area contributed by atoms with E-state index in [0.29, 0.717) is 22.1 Å². The van der Waals surface area contributed by atoms with Gasteiger partial charge in [-0.05, 0) is 43.3 Å². The molecule has 0 saturated carbocycles. The molecule has 4 N–H and O–H groups in total. The maximum absolute atomic E-state index is 12.3. The maximum atomic E-state index is 12.3. The number of benzene rings is 1. The highest BCUT2D eigenvalue weighted by Gasteiger charge is 2.16. The number of pyridine rings is 1. The largest absolute Gasteiger partial charge is 0.334 e. The first-order chi connectivity index (χ1) is 12.1. The van der Waals surface area contributed by atoms with Gasteiger partial charge in [0.1, 0.15) is 5.82 Å². The first kappa shape index (κ1) is 17.2. The zero-order valence-corrected chi connectivity index (χ0v) is 14.1. The van der Waals surface area contributed by atoms with Gasteiger partial charge in [0.25, 0.3) is 5.91 Å². The first-order valence-electron chi connectivity index (χ1n) is 7.91. The molecule has 1 unspecified atom stereocenters. The molecular formula is C17H18ClN5O2. The van der Waals surface area contributed by atoms with E-state index in [9.17, 15) is 9.59 Å². The molecule has 25 heavy (non-hydrogen) atoms. The number of anilines is 2. The molecule has 7 nitrogen and oxygen atoms in total. The highest BCUT2D eigenvalue weighted by molar-refractivity contribution is 6.30. The second kappa shape index (κ2) is 7.96. The van der Waals surface area contributed by atoms with Crippen LogP contribution in [0, 0.1) is 0 Å². The van der Waals surface area contributed by atoms with Crippen molar-refractivity contribution in [3.05, 3.63) is 53.2 Å². The molecule has 1 atom stereocenters. The third-order valence-corrected chi connectivity index (χ3v) is 3.97. The van der Waals surface area contributed by atoms with E-state index in [0.717, 1.165) is 19.5 Å². The lowest BCUT2D eigenvalue weighted by Crippen LogP contribution is -2.39. The zero-order chi connectivity index (χ0) is 17.6. The number of carbonyl (C=O) groups is 2. The molecule has 3 amide bonds. The van der Waals surface area contributed by atoms with Crippen LogP contribution in [0.1, 0.15) is 16.8 Å². The summed E-state index contributed by atoms with van der Waals surface area (Å²) in [6.45, 7) is 1.67. The van der Waals surface area contributed by atoms with Gasteiger partial charge < -0.3 is 21.3 Å². The minimum atomic E-state index is -0.320. The number of carbonyl (C=O) groups excluding carboxylic acids is 2. The number of urea groups is 1.